The molecule has 1 fully saturated rings. The van der Waals surface area contributed by atoms with Crippen LogP contribution in [0.2, 0.25) is 0 Å². The van der Waals surface area contributed by atoms with E-state index < -0.39 is 11.9 Å². The first-order chi connectivity index (χ1) is 13.9. The zero-order valence-corrected chi connectivity index (χ0v) is 16.9. The number of carboxylic acids is 1. The van der Waals surface area contributed by atoms with Crippen molar-refractivity contribution in [2.75, 3.05) is 5.73 Å². The molecule has 0 saturated heterocycles. The number of ether oxygens (including phenoxy) is 1. The quantitative estimate of drug-likeness (QED) is 0.606. The number of nitrogen functional groups attached to an aromatic ring is 1. The Labute approximate surface area is 170 Å². The third-order valence-corrected chi connectivity index (χ3v) is 5.78. The average molecular weight is 393 g/mol. The maximum atomic E-state index is 11.3. The predicted octanol–water partition coefficient (Wildman–Crippen LogP) is 4.41. The third-order valence-electron chi connectivity index (χ3n) is 5.78. The van der Waals surface area contributed by atoms with Gasteiger partial charge in [0, 0.05) is 18.0 Å². The van der Waals surface area contributed by atoms with Gasteiger partial charge in [0.1, 0.15) is 5.75 Å². The molecule has 6 nitrogen and oxygen atoms in total. The number of aliphatic carboxylic acids is 1. The highest BCUT2D eigenvalue weighted by Crippen LogP contribution is 2.40. The number of rotatable bonds is 6. The molecule has 0 spiro atoms. The number of nitrogens with zero attached hydrogens (tertiary/aromatic N) is 2. The number of aryl methyl sites for hydroxylation is 1. The molecule has 152 valence electrons. The summed E-state index contributed by atoms with van der Waals surface area (Å²) in [5, 5.41) is 14.7. The fraction of sp³-hybridized carbons (Fsp3) is 0.391. The Morgan fingerprint density at radius 2 is 2.07 bits per heavy atom. The maximum Gasteiger partial charge on any atom is 0.306 e. The summed E-state index contributed by atoms with van der Waals surface area (Å²) in [4.78, 5) is 11.3. The summed E-state index contributed by atoms with van der Waals surface area (Å²) in [6.45, 7) is 1.71. The van der Waals surface area contributed by atoms with Crippen molar-refractivity contribution in [3.8, 4) is 16.9 Å². The van der Waals surface area contributed by atoms with E-state index >= 15 is 0 Å². The smallest absolute Gasteiger partial charge is 0.306 e. The highest BCUT2D eigenvalue weighted by molar-refractivity contribution is 5.87. The number of carbonyl (C=O) groups is 1. The molecule has 0 amide bonds. The maximum absolute atomic E-state index is 11.3. The zero-order valence-electron chi connectivity index (χ0n) is 16.9. The summed E-state index contributed by atoms with van der Waals surface area (Å²) in [5.41, 5.74) is 10.8. The summed E-state index contributed by atoms with van der Waals surface area (Å²) in [5.74, 6) is -0.593. The number of aromatic nitrogens is 2. The summed E-state index contributed by atoms with van der Waals surface area (Å²) in [7, 11) is 1.92. The van der Waals surface area contributed by atoms with Crippen LogP contribution in [0.5, 0.6) is 5.75 Å². The van der Waals surface area contributed by atoms with E-state index in [-0.39, 0.29) is 6.10 Å². The van der Waals surface area contributed by atoms with E-state index in [0.717, 1.165) is 40.4 Å². The molecule has 29 heavy (non-hydrogen) atoms. The molecule has 1 aliphatic rings. The second-order valence-corrected chi connectivity index (χ2v) is 8.07. The number of nitrogens with two attached hydrogens (primary N) is 1. The molecule has 0 bridgehead atoms. The molecule has 1 aliphatic carbocycles. The molecule has 1 heterocycles. The number of benzene rings is 2. The van der Waals surface area contributed by atoms with Crippen LogP contribution < -0.4 is 10.5 Å². The van der Waals surface area contributed by atoms with Crippen LogP contribution in [0, 0.1) is 5.92 Å². The van der Waals surface area contributed by atoms with Crippen molar-refractivity contribution in [2.24, 2.45) is 13.0 Å². The molecule has 1 saturated carbocycles. The van der Waals surface area contributed by atoms with Gasteiger partial charge in [-0.1, -0.05) is 13.0 Å². The molecule has 1 aromatic heterocycles. The van der Waals surface area contributed by atoms with E-state index in [1.165, 1.54) is 12.8 Å². The Bertz CT molecular complexity index is 1050. The SMILES string of the molecule is CC(Cc1cc(N)c(OC2CCCC2)c(-c2ccc3c(cnn3C)c2)c1)C(=O)O. The first-order valence-electron chi connectivity index (χ1n) is 10.2. The molecule has 4 rings (SSSR count). The molecule has 3 aromatic rings. The highest BCUT2D eigenvalue weighted by Gasteiger charge is 2.22. The van der Waals surface area contributed by atoms with Gasteiger partial charge >= 0.3 is 5.97 Å². The van der Waals surface area contributed by atoms with E-state index in [2.05, 4.69) is 11.2 Å². The minimum absolute atomic E-state index is 0.182. The second-order valence-electron chi connectivity index (χ2n) is 8.07. The number of hydrogen-bond acceptors (Lipinski definition) is 4. The van der Waals surface area contributed by atoms with Crippen molar-refractivity contribution >= 4 is 22.6 Å². The molecular weight excluding hydrogens is 366 g/mol. The lowest BCUT2D eigenvalue weighted by molar-refractivity contribution is -0.141. The van der Waals surface area contributed by atoms with Crippen molar-refractivity contribution in [1.29, 1.82) is 0 Å². The lowest BCUT2D eigenvalue weighted by Crippen LogP contribution is -2.15. The van der Waals surface area contributed by atoms with Crippen molar-refractivity contribution in [3.63, 3.8) is 0 Å². The molecule has 1 unspecified atom stereocenters. The van der Waals surface area contributed by atoms with Gasteiger partial charge in [-0.05, 0) is 67.5 Å². The third kappa shape index (κ3) is 3.92. The minimum Gasteiger partial charge on any atom is -0.488 e. The van der Waals surface area contributed by atoms with Crippen molar-refractivity contribution in [2.45, 2.75) is 45.1 Å². The zero-order chi connectivity index (χ0) is 20.5. The van der Waals surface area contributed by atoms with Gasteiger partial charge in [-0.3, -0.25) is 9.48 Å². The van der Waals surface area contributed by atoms with Gasteiger partial charge < -0.3 is 15.6 Å². The van der Waals surface area contributed by atoms with Gasteiger partial charge in [0.05, 0.1) is 29.4 Å². The average Bonchev–Trinajstić information content (AvgIpc) is 3.33. The fourth-order valence-corrected chi connectivity index (χ4v) is 4.12. The van der Waals surface area contributed by atoms with Crippen molar-refractivity contribution < 1.29 is 14.6 Å². The first-order valence-corrected chi connectivity index (χ1v) is 10.2. The first kappa shape index (κ1) is 19.3. The molecule has 1 atom stereocenters. The Morgan fingerprint density at radius 3 is 2.79 bits per heavy atom. The summed E-state index contributed by atoms with van der Waals surface area (Å²) < 4.78 is 8.20. The lowest BCUT2D eigenvalue weighted by atomic mass is 9.95. The summed E-state index contributed by atoms with van der Waals surface area (Å²) in [6, 6.07) is 10.1. The van der Waals surface area contributed by atoms with Gasteiger partial charge in [-0.15, -0.1) is 0 Å². The van der Waals surface area contributed by atoms with Crippen LogP contribution in [-0.4, -0.2) is 27.0 Å². The molecular formula is C23H27N3O3. The Hall–Kier alpha value is -3.02. The van der Waals surface area contributed by atoms with Crippen LogP contribution in [-0.2, 0) is 18.3 Å². The van der Waals surface area contributed by atoms with E-state index in [1.54, 1.807) is 6.92 Å². The molecule has 0 radical (unpaired) electrons. The van der Waals surface area contributed by atoms with Gasteiger partial charge in [-0.25, -0.2) is 0 Å². The molecule has 0 aliphatic heterocycles. The Balaban J connectivity index is 1.79. The predicted molar refractivity (Wildman–Crippen MR) is 114 cm³/mol. The van der Waals surface area contributed by atoms with E-state index in [4.69, 9.17) is 10.5 Å². The number of carboxylic acid groups (broad SMARTS) is 1. The molecule has 6 heteroatoms. The molecule has 3 N–H and O–H groups in total. The van der Waals surface area contributed by atoms with Gasteiger partial charge in [0.25, 0.3) is 0 Å². The summed E-state index contributed by atoms with van der Waals surface area (Å²) in [6.07, 6.45) is 6.88. The van der Waals surface area contributed by atoms with Gasteiger partial charge in [0.15, 0.2) is 0 Å². The number of fused-ring (bicyclic) bond motifs is 1. The lowest BCUT2D eigenvalue weighted by Gasteiger charge is -2.20. The Morgan fingerprint density at radius 1 is 1.31 bits per heavy atom. The van der Waals surface area contributed by atoms with E-state index in [1.807, 2.05) is 42.2 Å². The standard InChI is InChI=1S/C23H27N3O3/c1-14(23(27)28)9-15-10-19(16-7-8-21-17(12-16)13-25-26(21)2)22(20(24)11-15)29-18-5-3-4-6-18/h7-8,10-14,18H,3-6,9,24H2,1-2H3,(H,27,28). The van der Waals surface area contributed by atoms with E-state index in [9.17, 15) is 9.90 Å². The van der Waals surface area contributed by atoms with Crippen molar-refractivity contribution in [1.82, 2.24) is 9.78 Å². The van der Waals surface area contributed by atoms with Gasteiger partial charge in [0.2, 0.25) is 0 Å². The van der Waals surface area contributed by atoms with E-state index in [0.29, 0.717) is 17.9 Å². The van der Waals surface area contributed by atoms with Crippen molar-refractivity contribution in [3.05, 3.63) is 42.1 Å². The largest absolute Gasteiger partial charge is 0.488 e. The minimum atomic E-state index is -0.812. The number of anilines is 1. The highest BCUT2D eigenvalue weighted by atomic mass is 16.5. The van der Waals surface area contributed by atoms with Crippen LogP contribution in [0.4, 0.5) is 5.69 Å². The summed E-state index contributed by atoms with van der Waals surface area (Å²) >= 11 is 0. The fourth-order valence-electron chi connectivity index (χ4n) is 4.12. The van der Waals surface area contributed by atoms with Gasteiger partial charge in [-0.2, -0.15) is 5.10 Å². The normalized spacial score (nSPS) is 15.7. The topological polar surface area (TPSA) is 90.4 Å². The van der Waals surface area contributed by atoms with Crippen LogP contribution in [0.15, 0.2) is 36.5 Å². The number of hydrogen-bond donors (Lipinski definition) is 2. The Kier molecular flexibility index (Phi) is 5.18. The van der Waals surface area contributed by atoms with Crippen LogP contribution in [0.25, 0.3) is 22.0 Å². The van der Waals surface area contributed by atoms with Crippen LogP contribution >= 0.6 is 0 Å². The van der Waals surface area contributed by atoms with Crippen LogP contribution in [0.1, 0.15) is 38.2 Å². The second kappa shape index (κ2) is 7.78. The van der Waals surface area contributed by atoms with Crippen LogP contribution in [0.3, 0.4) is 0 Å². The molecule has 2 aromatic carbocycles. The monoisotopic (exact) mass is 393 g/mol.